The molecule has 32 heavy (non-hydrogen) atoms. The van der Waals surface area contributed by atoms with E-state index in [1.807, 2.05) is 60.7 Å². The van der Waals surface area contributed by atoms with Crippen LogP contribution in [0.4, 0.5) is 0 Å². The zero-order valence-electron chi connectivity index (χ0n) is 17.8. The fraction of sp³-hybridized carbons (Fsp3) is 0.125. The first-order chi connectivity index (χ1) is 15.7. The average molecular weight is 440 g/mol. The first-order valence-corrected chi connectivity index (χ1v) is 11.2. The van der Waals surface area contributed by atoms with E-state index < -0.39 is 0 Å². The van der Waals surface area contributed by atoms with Crippen LogP contribution in [0.15, 0.2) is 84.0 Å². The molecule has 7 nitrogen and oxygen atoms in total. The Morgan fingerprint density at radius 1 is 0.750 bits per heavy atom. The molecule has 0 fully saturated rings. The van der Waals surface area contributed by atoms with E-state index in [0.29, 0.717) is 5.75 Å². The van der Waals surface area contributed by atoms with Crippen molar-refractivity contribution in [2.24, 2.45) is 0 Å². The molecule has 0 atom stereocenters. The molecular formula is C24H21N7S. The van der Waals surface area contributed by atoms with Crippen molar-refractivity contribution in [2.45, 2.75) is 24.8 Å². The van der Waals surface area contributed by atoms with Crippen LogP contribution < -0.4 is 0 Å². The predicted octanol–water partition coefficient (Wildman–Crippen LogP) is 4.82. The number of aromatic nitrogens is 7. The van der Waals surface area contributed by atoms with Crippen molar-refractivity contribution >= 4 is 11.8 Å². The summed E-state index contributed by atoms with van der Waals surface area (Å²) in [6.07, 6.45) is 0. The van der Waals surface area contributed by atoms with Gasteiger partial charge in [-0.05, 0) is 59.7 Å². The van der Waals surface area contributed by atoms with Crippen molar-refractivity contribution in [3.63, 3.8) is 0 Å². The zero-order valence-corrected chi connectivity index (χ0v) is 18.6. The van der Waals surface area contributed by atoms with Crippen LogP contribution in [0.5, 0.6) is 0 Å². The Morgan fingerprint density at radius 3 is 2.25 bits per heavy atom. The molecule has 0 unspecified atom stereocenters. The molecule has 8 heteroatoms. The third-order valence-corrected chi connectivity index (χ3v) is 6.20. The fourth-order valence-corrected chi connectivity index (χ4v) is 4.29. The lowest BCUT2D eigenvalue weighted by atomic mass is 10.1. The molecule has 0 aliphatic carbocycles. The van der Waals surface area contributed by atoms with E-state index in [1.165, 1.54) is 11.1 Å². The molecule has 0 saturated heterocycles. The number of hydrogen-bond acceptors (Lipinski definition) is 6. The van der Waals surface area contributed by atoms with Gasteiger partial charge in [0.1, 0.15) is 0 Å². The summed E-state index contributed by atoms with van der Waals surface area (Å²) >= 11 is 1.56. The molecular weight excluding hydrogens is 418 g/mol. The smallest absolute Gasteiger partial charge is 0.196 e. The maximum Gasteiger partial charge on any atom is 0.196 e. The van der Waals surface area contributed by atoms with Crippen LogP contribution in [0.25, 0.3) is 22.8 Å². The molecule has 0 radical (unpaired) electrons. The molecule has 0 aliphatic rings. The Bertz CT molecular complexity index is 1340. The number of nitrogens with zero attached hydrogens (tertiary/aromatic N) is 7. The molecule has 0 aliphatic heterocycles. The van der Waals surface area contributed by atoms with E-state index >= 15 is 0 Å². The fourth-order valence-electron chi connectivity index (χ4n) is 3.43. The monoisotopic (exact) mass is 439 g/mol. The van der Waals surface area contributed by atoms with Gasteiger partial charge in [-0.15, -0.1) is 15.3 Å². The lowest BCUT2D eigenvalue weighted by molar-refractivity contribution is 0.777. The molecule has 3 aromatic carbocycles. The van der Waals surface area contributed by atoms with Gasteiger partial charge < -0.3 is 0 Å². The van der Waals surface area contributed by atoms with Crippen LogP contribution in [0, 0.1) is 13.8 Å². The second-order valence-corrected chi connectivity index (χ2v) is 8.35. The van der Waals surface area contributed by atoms with Crippen LogP contribution in [-0.2, 0) is 5.75 Å². The maximum absolute atomic E-state index is 4.53. The lowest BCUT2D eigenvalue weighted by Crippen LogP contribution is -2.04. The summed E-state index contributed by atoms with van der Waals surface area (Å²) in [5.74, 6) is 2.11. The van der Waals surface area contributed by atoms with Gasteiger partial charge in [0.15, 0.2) is 16.8 Å². The highest BCUT2D eigenvalue weighted by molar-refractivity contribution is 7.98. The number of rotatable bonds is 6. The van der Waals surface area contributed by atoms with E-state index in [0.717, 1.165) is 33.7 Å². The van der Waals surface area contributed by atoms with Crippen molar-refractivity contribution < 1.29 is 0 Å². The summed E-state index contributed by atoms with van der Waals surface area (Å²) in [6.45, 7) is 4.23. The number of hydrogen-bond donors (Lipinski definition) is 0. The van der Waals surface area contributed by atoms with E-state index in [9.17, 15) is 0 Å². The third-order valence-electron chi connectivity index (χ3n) is 5.28. The first kappa shape index (κ1) is 20.1. The van der Waals surface area contributed by atoms with Gasteiger partial charge in [-0.25, -0.2) is 0 Å². The Morgan fingerprint density at radius 2 is 1.50 bits per heavy atom. The molecule has 5 aromatic rings. The first-order valence-electron chi connectivity index (χ1n) is 10.2. The number of benzene rings is 3. The minimum absolute atomic E-state index is 0.555. The summed E-state index contributed by atoms with van der Waals surface area (Å²) in [4.78, 5) is 0. The van der Waals surface area contributed by atoms with Crippen LogP contribution in [-0.4, -0.2) is 35.0 Å². The summed E-state index contributed by atoms with van der Waals surface area (Å²) in [7, 11) is 0. The highest BCUT2D eigenvalue weighted by Crippen LogP contribution is 2.30. The number of para-hydroxylation sites is 1. The van der Waals surface area contributed by atoms with Crippen LogP contribution >= 0.6 is 11.8 Å². The van der Waals surface area contributed by atoms with Crippen molar-refractivity contribution in [2.75, 3.05) is 0 Å². The molecule has 0 N–H and O–H groups in total. The average Bonchev–Trinajstić information content (AvgIpc) is 3.48. The van der Waals surface area contributed by atoms with Crippen LogP contribution in [0.2, 0.25) is 0 Å². The van der Waals surface area contributed by atoms with E-state index in [1.54, 1.807) is 16.4 Å². The SMILES string of the molecule is Cc1ccc(-n2c(SCc3nnnn3-c3ccccc3)nnc2-c2ccccc2)cc1C. The van der Waals surface area contributed by atoms with Crippen molar-refractivity contribution in [3.8, 4) is 22.8 Å². The number of aryl methyl sites for hydroxylation is 2. The molecule has 158 valence electrons. The van der Waals surface area contributed by atoms with E-state index in [4.69, 9.17) is 0 Å². The molecule has 0 spiro atoms. The summed E-state index contributed by atoms with van der Waals surface area (Å²) in [6, 6.07) is 26.4. The molecule has 5 rings (SSSR count). The Labute approximate surface area is 190 Å². The Hall–Kier alpha value is -3.78. The minimum Gasteiger partial charge on any atom is -0.270 e. The van der Waals surface area contributed by atoms with Gasteiger partial charge in [0.2, 0.25) is 0 Å². The van der Waals surface area contributed by atoms with Crippen molar-refractivity contribution in [1.82, 2.24) is 35.0 Å². The minimum atomic E-state index is 0.555. The normalized spacial score (nSPS) is 11.1. The van der Waals surface area contributed by atoms with Gasteiger partial charge in [-0.2, -0.15) is 4.68 Å². The summed E-state index contributed by atoms with van der Waals surface area (Å²) < 4.78 is 3.85. The molecule has 0 amide bonds. The second-order valence-electron chi connectivity index (χ2n) is 7.41. The van der Waals surface area contributed by atoms with Crippen LogP contribution in [0.1, 0.15) is 17.0 Å². The standard InChI is InChI=1S/C24H21N7S/c1-17-13-14-21(15-18(17)2)30-23(19-9-5-3-6-10-19)26-27-24(30)32-16-22-25-28-29-31(22)20-11-7-4-8-12-20/h3-15H,16H2,1-2H3. The third kappa shape index (κ3) is 3.92. The number of thioether (sulfide) groups is 1. The van der Waals surface area contributed by atoms with Gasteiger partial charge in [0.05, 0.1) is 17.1 Å². The second kappa shape index (κ2) is 8.76. The predicted molar refractivity (Wildman–Crippen MR) is 125 cm³/mol. The van der Waals surface area contributed by atoms with Crippen molar-refractivity contribution in [1.29, 1.82) is 0 Å². The molecule has 0 saturated carbocycles. The molecule has 2 heterocycles. The Balaban J connectivity index is 1.52. The van der Waals surface area contributed by atoms with Gasteiger partial charge >= 0.3 is 0 Å². The Kier molecular flexibility index (Phi) is 5.51. The highest BCUT2D eigenvalue weighted by atomic mass is 32.2. The van der Waals surface area contributed by atoms with Gasteiger partial charge in [0.25, 0.3) is 0 Å². The quantitative estimate of drug-likeness (QED) is 0.353. The van der Waals surface area contributed by atoms with E-state index in [2.05, 4.69) is 62.3 Å². The topological polar surface area (TPSA) is 74.3 Å². The summed E-state index contributed by atoms with van der Waals surface area (Å²) in [5.41, 5.74) is 5.44. The van der Waals surface area contributed by atoms with Gasteiger partial charge in [0, 0.05) is 5.56 Å². The molecule has 0 bridgehead atoms. The largest absolute Gasteiger partial charge is 0.270 e. The highest BCUT2D eigenvalue weighted by Gasteiger charge is 2.18. The molecule has 2 aromatic heterocycles. The van der Waals surface area contributed by atoms with Crippen molar-refractivity contribution in [3.05, 3.63) is 95.8 Å². The van der Waals surface area contributed by atoms with E-state index in [-0.39, 0.29) is 0 Å². The number of tetrazole rings is 1. The zero-order chi connectivity index (χ0) is 21.9. The lowest BCUT2D eigenvalue weighted by Gasteiger charge is -2.12. The summed E-state index contributed by atoms with van der Waals surface area (Å²) in [5, 5.41) is 22.1. The van der Waals surface area contributed by atoms with Gasteiger partial charge in [-0.3, -0.25) is 4.57 Å². The van der Waals surface area contributed by atoms with Gasteiger partial charge in [-0.1, -0.05) is 66.4 Å². The van der Waals surface area contributed by atoms with Crippen LogP contribution in [0.3, 0.4) is 0 Å². The maximum atomic E-state index is 4.53.